The molecule has 2 aromatic rings. The van der Waals surface area contributed by atoms with E-state index in [0.29, 0.717) is 24.8 Å². The maximum absolute atomic E-state index is 12.0. The highest BCUT2D eigenvalue weighted by Gasteiger charge is 2.59. The highest BCUT2D eigenvalue weighted by Crippen LogP contribution is 2.72. The van der Waals surface area contributed by atoms with E-state index in [1.54, 1.807) is 0 Å². The molecule has 136 valence electrons. The molecule has 0 amide bonds. The molecule has 1 fully saturated rings. The first-order valence-corrected chi connectivity index (χ1v) is 10.4. The minimum atomic E-state index is -3.02. The van der Waals surface area contributed by atoms with Crippen LogP contribution in [0.25, 0.3) is 0 Å². The fraction of sp³-hybridized carbons (Fsp3) is 0.250. The van der Waals surface area contributed by atoms with Crippen LogP contribution in [0, 0.1) is 0 Å². The lowest BCUT2D eigenvalue weighted by molar-refractivity contribution is -0.136. The standard InChI is InChI=1S/C20H23N2O3P/c1-2-9-19(16-20(23)24)26(25)21(17-10-5-3-6-11-17)14-15-22(26)18-12-7-4-8-13-18/h3-13,25H,2,14-16H2,1H3/p+1. The number of rotatable bonds is 6. The molecular weight excluding hydrogens is 347 g/mol. The van der Waals surface area contributed by atoms with Crippen LogP contribution in [0.5, 0.6) is 0 Å². The average molecular weight is 371 g/mol. The van der Waals surface area contributed by atoms with Gasteiger partial charge in [0.2, 0.25) is 0 Å². The number of carboxylic acids is 1. The lowest BCUT2D eigenvalue weighted by Crippen LogP contribution is -2.26. The van der Waals surface area contributed by atoms with Crippen LogP contribution in [0.1, 0.15) is 19.8 Å². The molecule has 3 rings (SSSR count). The van der Waals surface area contributed by atoms with Crippen molar-refractivity contribution in [3.63, 3.8) is 0 Å². The number of hydrogen-bond acceptors (Lipinski definition) is 4. The Bertz CT molecular complexity index is 733. The van der Waals surface area contributed by atoms with Crippen LogP contribution < -0.4 is 9.34 Å². The maximum Gasteiger partial charge on any atom is 0.362 e. The van der Waals surface area contributed by atoms with Gasteiger partial charge in [-0.15, -0.1) is 0 Å². The van der Waals surface area contributed by atoms with Crippen LogP contribution in [0.15, 0.2) is 72.1 Å². The second-order valence-corrected chi connectivity index (χ2v) is 8.84. The van der Waals surface area contributed by atoms with E-state index >= 15 is 0 Å². The summed E-state index contributed by atoms with van der Waals surface area (Å²) in [6, 6.07) is 19.5. The first-order valence-electron chi connectivity index (χ1n) is 8.76. The van der Waals surface area contributed by atoms with Gasteiger partial charge in [-0.05, 0) is 36.8 Å². The van der Waals surface area contributed by atoms with Gasteiger partial charge in [-0.1, -0.05) is 43.3 Å². The van der Waals surface area contributed by atoms with E-state index in [1.807, 2.05) is 83.0 Å². The summed E-state index contributed by atoms with van der Waals surface area (Å²) in [4.78, 5) is 23.5. The molecule has 1 aliphatic rings. The van der Waals surface area contributed by atoms with Crippen LogP contribution in [-0.2, 0) is 4.79 Å². The Balaban J connectivity index is 2.12. The third kappa shape index (κ3) is 3.46. The van der Waals surface area contributed by atoms with Crippen molar-refractivity contribution >= 4 is 25.1 Å². The van der Waals surface area contributed by atoms with E-state index in [9.17, 15) is 14.8 Å². The molecule has 1 aliphatic heterocycles. The highest BCUT2D eigenvalue weighted by molar-refractivity contribution is 7.77. The van der Waals surface area contributed by atoms with E-state index < -0.39 is 13.8 Å². The summed E-state index contributed by atoms with van der Waals surface area (Å²) < 4.78 is 3.98. The van der Waals surface area contributed by atoms with E-state index in [1.165, 1.54) is 0 Å². The van der Waals surface area contributed by atoms with Crippen molar-refractivity contribution in [2.75, 3.05) is 22.4 Å². The van der Waals surface area contributed by atoms with Crippen molar-refractivity contribution in [3.05, 3.63) is 72.1 Å². The van der Waals surface area contributed by atoms with Gasteiger partial charge in [0.05, 0.1) is 24.5 Å². The molecule has 0 radical (unpaired) electrons. The largest absolute Gasteiger partial charge is 0.481 e. The molecule has 0 atom stereocenters. The number of para-hydroxylation sites is 2. The zero-order chi connectivity index (χ0) is 18.6. The fourth-order valence-corrected chi connectivity index (χ4v) is 6.68. The molecule has 0 aromatic heterocycles. The fourth-order valence-electron chi connectivity index (χ4n) is 3.38. The number of anilines is 2. The van der Waals surface area contributed by atoms with Gasteiger partial charge in [0.25, 0.3) is 0 Å². The summed E-state index contributed by atoms with van der Waals surface area (Å²) in [5.74, 6) is -0.925. The Hall–Kier alpha value is -2.36. The summed E-state index contributed by atoms with van der Waals surface area (Å²) >= 11 is 0. The number of carbonyl (C=O) groups is 1. The van der Waals surface area contributed by atoms with Gasteiger partial charge < -0.3 is 5.11 Å². The normalized spacial score (nSPS) is 16.8. The van der Waals surface area contributed by atoms with Gasteiger partial charge in [-0.3, -0.25) is 4.79 Å². The average Bonchev–Trinajstić information content (AvgIpc) is 3.01. The molecule has 5 nitrogen and oxygen atoms in total. The molecule has 2 aromatic carbocycles. The molecule has 6 heteroatoms. The van der Waals surface area contributed by atoms with Gasteiger partial charge in [0.1, 0.15) is 6.42 Å². The van der Waals surface area contributed by atoms with Crippen LogP contribution in [-0.4, -0.2) is 29.1 Å². The van der Waals surface area contributed by atoms with Crippen molar-refractivity contribution in [1.82, 2.24) is 0 Å². The lowest BCUT2D eigenvalue weighted by atomic mass is 10.3. The topological polar surface area (TPSA) is 64.0 Å². The molecule has 26 heavy (non-hydrogen) atoms. The monoisotopic (exact) mass is 371 g/mol. The molecule has 0 unspecified atom stereocenters. The Morgan fingerprint density at radius 3 is 1.85 bits per heavy atom. The molecule has 0 aliphatic carbocycles. The molecule has 0 saturated carbocycles. The quantitative estimate of drug-likeness (QED) is 0.730. The number of nitrogens with zero attached hydrogens (tertiary/aromatic N) is 2. The van der Waals surface area contributed by atoms with Crippen molar-refractivity contribution in [3.8, 4) is 0 Å². The first kappa shape index (κ1) is 18.4. The molecule has 0 bridgehead atoms. The molecule has 1 saturated heterocycles. The Labute approximate surface area is 154 Å². The number of allylic oxidation sites excluding steroid dienone is 1. The molecule has 0 spiro atoms. The summed E-state index contributed by atoms with van der Waals surface area (Å²) in [6.45, 7) is 3.25. The van der Waals surface area contributed by atoms with E-state index in [2.05, 4.69) is 0 Å². The second kappa shape index (κ2) is 7.90. The Morgan fingerprint density at radius 2 is 1.46 bits per heavy atom. The third-order valence-corrected chi connectivity index (χ3v) is 7.78. The Morgan fingerprint density at radius 1 is 1.00 bits per heavy atom. The summed E-state index contributed by atoms with van der Waals surface area (Å²) in [6.07, 6.45) is 2.39. The predicted octanol–water partition coefficient (Wildman–Crippen LogP) is 4.54. The zero-order valence-corrected chi connectivity index (χ0v) is 15.7. The summed E-state index contributed by atoms with van der Waals surface area (Å²) in [5.41, 5.74) is 1.82. The maximum atomic E-state index is 12.0. The van der Waals surface area contributed by atoms with Gasteiger partial charge in [0, 0.05) is 0 Å². The van der Waals surface area contributed by atoms with E-state index in [-0.39, 0.29) is 6.42 Å². The number of hydrogen-bond donors (Lipinski definition) is 2. The predicted molar refractivity (Wildman–Crippen MR) is 107 cm³/mol. The van der Waals surface area contributed by atoms with Gasteiger partial charge >= 0.3 is 13.8 Å². The molecular formula is C20H24N2O3P+. The number of aliphatic carboxylic acids is 1. The van der Waals surface area contributed by atoms with Crippen molar-refractivity contribution in [2.45, 2.75) is 19.8 Å². The van der Waals surface area contributed by atoms with Gasteiger partial charge in [-0.25, -0.2) is 0 Å². The molecule has 1 heterocycles. The summed E-state index contributed by atoms with van der Waals surface area (Å²) in [7, 11) is -3.02. The van der Waals surface area contributed by atoms with Crippen LogP contribution in [0.2, 0.25) is 0 Å². The first-order chi connectivity index (χ1) is 12.6. The van der Waals surface area contributed by atoms with Crippen LogP contribution in [0.4, 0.5) is 11.4 Å². The minimum absolute atomic E-state index is 0.162. The van der Waals surface area contributed by atoms with E-state index in [0.717, 1.165) is 11.4 Å². The number of carboxylic acid groups (broad SMARTS) is 1. The zero-order valence-electron chi connectivity index (χ0n) is 14.8. The van der Waals surface area contributed by atoms with Gasteiger partial charge in [-0.2, -0.15) is 14.2 Å². The Kier molecular flexibility index (Phi) is 5.60. The number of benzene rings is 2. The van der Waals surface area contributed by atoms with Gasteiger partial charge in [0.15, 0.2) is 5.31 Å². The van der Waals surface area contributed by atoms with Crippen LogP contribution >= 0.6 is 7.79 Å². The highest BCUT2D eigenvalue weighted by atomic mass is 31.2. The van der Waals surface area contributed by atoms with Crippen molar-refractivity contribution < 1.29 is 14.8 Å². The minimum Gasteiger partial charge on any atom is -0.481 e. The smallest absolute Gasteiger partial charge is 0.362 e. The SMILES string of the molecule is CCC=C(CC(=O)O)[P+]1(O)N(c2ccccc2)CCN1c1ccccc1. The van der Waals surface area contributed by atoms with Crippen molar-refractivity contribution in [1.29, 1.82) is 0 Å². The third-order valence-electron chi connectivity index (χ3n) is 4.46. The lowest BCUT2D eigenvalue weighted by Gasteiger charge is -2.32. The molecule has 2 N–H and O–H groups in total. The van der Waals surface area contributed by atoms with E-state index in [4.69, 9.17) is 0 Å². The second-order valence-electron chi connectivity index (χ2n) is 6.16. The van der Waals surface area contributed by atoms with Crippen molar-refractivity contribution in [2.24, 2.45) is 0 Å². The van der Waals surface area contributed by atoms with Crippen LogP contribution in [0.3, 0.4) is 0 Å². The summed E-state index contributed by atoms with van der Waals surface area (Å²) in [5, 5.41) is 10.0.